The zero-order valence-electron chi connectivity index (χ0n) is 14.5. The molecule has 0 heterocycles. The molecule has 3 unspecified atom stereocenters. The van der Waals surface area contributed by atoms with Crippen molar-refractivity contribution in [3.05, 3.63) is 41.0 Å². The third-order valence-electron chi connectivity index (χ3n) is 6.77. The van der Waals surface area contributed by atoms with E-state index >= 15 is 0 Å². The van der Waals surface area contributed by atoms with Crippen molar-refractivity contribution in [3.8, 4) is 17.6 Å². The van der Waals surface area contributed by atoms with Gasteiger partial charge in [-0.2, -0.15) is 0 Å². The van der Waals surface area contributed by atoms with Gasteiger partial charge in [-0.15, -0.1) is 5.92 Å². The molecular weight excluding hydrogens is 280 g/mol. The molecule has 0 N–H and O–H groups in total. The molecule has 1 fully saturated rings. The van der Waals surface area contributed by atoms with Gasteiger partial charge in [0.05, 0.1) is 7.11 Å². The van der Waals surface area contributed by atoms with Gasteiger partial charge >= 0.3 is 0 Å². The van der Waals surface area contributed by atoms with Crippen LogP contribution in [-0.4, -0.2) is 7.11 Å². The van der Waals surface area contributed by atoms with Gasteiger partial charge < -0.3 is 4.74 Å². The second-order valence-electron chi connectivity index (χ2n) is 7.66. The average Bonchev–Trinajstić information content (AvgIpc) is 2.91. The SMILES string of the molecule is CC#CC1=CCC2C3CCc4cc(OC)ccc4C3CC[C@]12C. The number of methoxy groups -OCH3 is 1. The van der Waals surface area contributed by atoms with Crippen LogP contribution in [-0.2, 0) is 6.42 Å². The predicted molar refractivity (Wildman–Crippen MR) is 94.5 cm³/mol. The fourth-order valence-corrected chi connectivity index (χ4v) is 5.58. The summed E-state index contributed by atoms with van der Waals surface area (Å²) in [5.74, 6) is 9.90. The van der Waals surface area contributed by atoms with E-state index in [4.69, 9.17) is 4.74 Å². The number of fused-ring (bicyclic) bond motifs is 5. The van der Waals surface area contributed by atoms with Crippen LogP contribution >= 0.6 is 0 Å². The van der Waals surface area contributed by atoms with Crippen LogP contribution in [0.3, 0.4) is 0 Å². The fourth-order valence-electron chi connectivity index (χ4n) is 5.58. The monoisotopic (exact) mass is 306 g/mol. The Balaban J connectivity index is 1.67. The van der Waals surface area contributed by atoms with Crippen LogP contribution in [0.1, 0.15) is 56.6 Å². The molecule has 1 aromatic rings. The molecule has 1 aromatic carbocycles. The third kappa shape index (κ3) is 2.15. The van der Waals surface area contributed by atoms with Crippen molar-refractivity contribution < 1.29 is 4.74 Å². The van der Waals surface area contributed by atoms with E-state index in [1.165, 1.54) is 43.2 Å². The predicted octanol–water partition coefficient (Wildman–Crippen LogP) is 5.11. The molecule has 0 aromatic heterocycles. The highest BCUT2D eigenvalue weighted by Crippen LogP contribution is 2.60. The van der Waals surface area contributed by atoms with E-state index in [0.29, 0.717) is 5.41 Å². The first-order valence-electron chi connectivity index (χ1n) is 8.97. The van der Waals surface area contributed by atoms with Gasteiger partial charge in [0.2, 0.25) is 0 Å². The molecule has 120 valence electrons. The number of aryl methyl sites for hydroxylation is 1. The maximum Gasteiger partial charge on any atom is 0.119 e. The maximum atomic E-state index is 5.42. The highest BCUT2D eigenvalue weighted by atomic mass is 16.5. The molecule has 0 amide bonds. The Labute approximate surface area is 140 Å². The summed E-state index contributed by atoms with van der Waals surface area (Å²) in [6, 6.07) is 6.75. The first-order chi connectivity index (χ1) is 11.2. The van der Waals surface area contributed by atoms with Crippen molar-refractivity contribution in [2.75, 3.05) is 7.11 Å². The number of hydrogen-bond acceptors (Lipinski definition) is 1. The van der Waals surface area contributed by atoms with E-state index in [1.807, 2.05) is 6.92 Å². The van der Waals surface area contributed by atoms with E-state index in [9.17, 15) is 0 Å². The van der Waals surface area contributed by atoms with Gasteiger partial charge in [-0.3, -0.25) is 0 Å². The van der Waals surface area contributed by atoms with Gasteiger partial charge in [0.15, 0.2) is 0 Å². The lowest BCUT2D eigenvalue weighted by Gasteiger charge is -2.49. The minimum atomic E-state index is 0.328. The molecule has 0 bridgehead atoms. The van der Waals surface area contributed by atoms with Gasteiger partial charge in [0, 0.05) is 11.0 Å². The zero-order chi connectivity index (χ0) is 16.0. The van der Waals surface area contributed by atoms with Crippen molar-refractivity contribution in [2.24, 2.45) is 17.3 Å². The van der Waals surface area contributed by atoms with Gasteiger partial charge in [-0.1, -0.05) is 25.0 Å². The van der Waals surface area contributed by atoms with Crippen molar-refractivity contribution in [2.45, 2.75) is 51.9 Å². The lowest BCUT2D eigenvalue weighted by molar-refractivity contribution is 0.0781. The number of rotatable bonds is 1. The van der Waals surface area contributed by atoms with Gasteiger partial charge in [0.1, 0.15) is 5.75 Å². The highest BCUT2D eigenvalue weighted by Gasteiger charge is 2.51. The summed E-state index contributed by atoms with van der Waals surface area (Å²) in [6.07, 6.45) is 8.78. The summed E-state index contributed by atoms with van der Waals surface area (Å²) in [5.41, 5.74) is 4.87. The molecule has 4 rings (SSSR count). The quantitative estimate of drug-likeness (QED) is 0.655. The Morgan fingerprint density at radius 3 is 2.91 bits per heavy atom. The molecule has 3 aliphatic rings. The molecular formula is C22H26O. The van der Waals surface area contributed by atoms with Crippen LogP contribution in [0, 0.1) is 29.1 Å². The minimum absolute atomic E-state index is 0.328. The van der Waals surface area contributed by atoms with E-state index in [2.05, 4.69) is 43.0 Å². The van der Waals surface area contributed by atoms with E-state index < -0.39 is 0 Å². The molecule has 1 nitrogen and oxygen atoms in total. The van der Waals surface area contributed by atoms with Crippen molar-refractivity contribution in [1.82, 2.24) is 0 Å². The van der Waals surface area contributed by atoms with Crippen molar-refractivity contribution in [1.29, 1.82) is 0 Å². The Morgan fingerprint density at radius 1 is 1.26 bits per heavy atom. The molecule has 1 saturated carbocycles. The van der Waals surface area contributed by atoms with Crippen LogP contribution in [0.4, 0.5) is 0 Å². The van der Waals surface area contributed by atoms with Crippen LogP contribution in [0.15, 0.2) is 29.8 Å². The third-order valence-corrected chi connectivity index (χ3v) is 6.77. The first-order valence-corrected chi connectivity index (χ1v) is 8.97. The number of ether oxygens (including phenoxy) is 1. The summed E-state index contributed by atoms with van der Waals surface area (Å²) in [5, 5.41) is 0. The van der Waals surface area contributed by atoms with E-state index in [0.717, 1.165) is 23.5 Å². The number of benzene rings is 1. The van der Waals surface area contributed by atoms with Crippen LogP contribution < -0.4 is 4.74 Å². The first kappa shape index (κ1) is 14.9. The lowest BCUT2D eigenvalue weighted by Crippen LogP contribution is -2.41. The summed E-state index contributed by atoms with van der Waals surface area (Å²) >= 11 is 0. The Morgan fingerprint density at radius 2 is 2.13 bits per heavy atom. The average molecular weight is 306 g/mol. The summed E-state index contributed by atoms with van der Waals surface area (Å²) in [6.45, 7) is 4.44. The summed E-state index contributed by atoms with van der Waals surface area (Å²) < 4.78 is 5.42. The summed E-state index contributed by atoms with van der Waals surface area (Å²) in [7, 11) is 1.76. The normalized spacial score (nSPS) is 34.4. The zero-order valence-corrected chi connectivity index (χ0v) is 14.5. The molecule has 0 radical (unpaired) electrons. The number of hydrogen-bond donors (Lipinski definition) is 0. The number of allylic oxidation sites excluding steroid dienone is 2. The second-order valence-corrected chi connectivity index (χ2v) is 7.66. The maximum absolute atomic E-state index is 5.42. The molecule has 23 heavy (non-hydrogen) atoms. The highest BCUT2D eigenvalue weighted by molar-refractivity contribution is 5.44. The minimum Gasteiger partial charge on any atom is -0.497 e. The van der Waals surface area contributed by atoms with Gasteiger partial charge in [-0.05, 0) is 80.0 Å². The smallest absolute Gasteiger partial charge is 0.119 e. The van der Waals surface area contributed by atoms with E-state index in [-0.39, 0.29) is 0 Å². The Bertz CT molecular complexity index is 717. The van der Waals surface area contributed by atoms with Crippen molar-refractivity contribution in [3.63, 3.8) is 0 Å². The molecule has 0 aliphatic heterocycles. The van der Waals surface area contributed by atoms with Gasteiger partial charge in [0.25, 0.3) is 0 Å². The van der Waals surface area contributed by atoms with Crippen LogP contribution in [0.5, 0.6) is 5.75 Å². The molecule has 1 heteroatoms. The van der Waals surface area contributed by atoms with Crippen LogP contribution in [0.25, 0.3) is 0 Å². The van der Waals surface area contributed by atoms with E-state index in [1.54, 1.807) is 12.7 Å². The molecule has 0 saturated heterocycles. The fraction of sp³-hybridized carbons (Fsp3) is 0.545. The summed E-state index contributed by atoms with van der Waals surface area (Å²) in [4.78, 5) is 0. The Hall–Kier alpha value is -1.68. The second kappa shape index (κ2) is 5.45. The topological polar surface area (TPSA) is 9.23 Å². The largest absolute Gasteiger partial charge is 0.497 e. The van der Waals surface area contributed by atoms with Crippen molar-refractivity contribution >= 4 is 0 Å². The van der Waals surface area contributed by atoms with Gasteiger partial charge in [-0.25, -0.2) is 0 Å². The Kier molecular flexibility index (Phi) is 3.52. The molecule has 3 aliphatic carbocycles. The van der Waals surface area contributed by atoms with Crippen LogP contribution in [0.2, 0.25) is 0 Å². The molecule has 0 spiro atoms. The molecule has 4 atom stereocenters. The standard InChI is InChI=1S/C22H26O/c1-4-5-16-7-11-21-20-9-6-15-14-17(23-3)8-10-18(15)19(20)12-13-22(16,21)2/h7-8,10,14,19-21H,6,9,11-13H2,1-3H3/t19?,20?,21?,22-/m1/s1. The lowest BCUT2D eigenvalue weighted by atomic mass is 9.54.